The third kappa shape index (κ3) is 9.88. The molecule has 1 fully saturated rings. The molecule has 0 amide bonds. The molecular formula is C24H36N4Ni+2. The minimum absolute atomic E-state index is 0. The summed E-state index contributed by atoms with van der Waals surface area (Å²) in [6.07, 6.45) is 2.40. The van der Waals surface area contributed by atoms with Crippen molar-refractivity contribution < 1.29 is 16.5 Å². The van der Waals surface area contributed by atoms with Gasteiger partial charge in [0, 0.05) is 39.3 Å². The van der Waals surface area contributed by atoms with E-state index in [1.165, 1.54) is 24.0 Å². The van der Waals surface area contributed by atoms with Crippen molar-refractivity contribution in [3.63, 3.8) is 0 Å². The van der Waals surface area contributed by atoms with Gasteiger partial charge in [-0.15, -0.1) is 0 Å². The molecule has 0 spiro atoms. The fraction of sp³-hybridized carbons (Fsp3) is 0.500. The van der Waals surface area contributed by atoms with Gasteiger partial charge in [-0.3, -0.25) is 9.80 Å². The van der Waals surface area contributed by atoms with E-state index in [4.69, 9.17) is 0 Å². The number of nitrogens with zero attached hydrogens (tertiary/aromatic N) is 2. The van der Waals surface area contributed by atoms with Crippen LogP contribution < -0.4 is 10.6 Å². The van der Waals surface area contributed by atoms with E-state index < -0.39 is 0 Å². The van der Waals surface area contributed by atoms with Gasteiger partial charge in [-0.05, 0) is 50.1 Å². The standard InChI is InChI=1S/C24H36N4.Ni/c1-3-9-23(10-4-1)21-27-17-7-13-25-15-16-26-14-8-18-28(20-19-27)22-24-11-5-2-6-12-24;/h1-6,9-12,25-26H,7-8,13-22H2;/q;+2. The third-order valence-electron chi connectivity index (χ3n) is 5.36. The van der Waals surface area contributed by atoms with Gasteiger partial charge in [0.15, 0.2) is 0 Å². The largest absolute Gasteiger partial charge is 2.00 e. The summed E-state index contributed by atoms with van der Waals surface area (Å²) in [5, 5.41) is 7.13. The molecule has 1 saturated heterocycles. The minimum Gasteiger partial charge on any atom is -0.315 e. The fourth-order valence-electron chi connectivity index (χ4n) is 3.79. The first-order chi connectivity index (χ1) is 13.9. The second-order valence-corrected chi connectivity index (χ2v) is 7.73. The van der Waals surface area contributed by atoms with Gasteiger partial charge in [0.05, 0.1) is 0 Å². The van der Waals surface area contributed by atoms with Crippen LogP contribution in [0, 0.1) is 0 Å². The van der Waals surface area contributed by atoms with E-state index in [0.717, 1.165) is 65.4 Å². The molecule has 3 rings (SSSR count). The van der Waals surface area contributed by atoms with Crippen LogP contribution in [0.5, 0.6) is 0 Å². The molecule has 0 unspecified atom stereocenters. The van der Waals surface area contributed by atoms with E-state index in [1.54, 1.807) is 0 Å². The molecule has 160 valence electrons. The van der Waals surface area contributed by atoms with Crippen molar-refractivity contribution in [2.45, 2.75) is 25.9 Å². The SMILES string of the molecule is [Ni+2].c1ccc(CN2CCCNCCNCCCN(Cc3ccccc3)CC2)cc1. The first-order valence-corrected chi connectivity index (χ1v) is 10.8. The molecule has 1 aliphatic rings. The first-order valence-electron chi connectivity index (χ1n) is 10.8. The smallest absolute Gasteiger partial charge is 0.315 e. The van der Waals surface area contributed by atoms with Gasteiger partial charge >= 0.3 is 16.5 Å². The van der Waals surface area contributed by atoms with E-state index >= 15 is 0 Å². The van der Waals surface area contributed by atoms with Gasteiger partial charge in [-0.2, -0.15) is 0 Å². The van der Waals surface area contributed by atoms with Crippen molar-refractivity contribution in [3.05, 3.63) is 71.8 Å². The summed E-state index contributed by atoms with van der Waals surface area (Å²) in [5.74, 6) is 0. The molecule has 0 aromatic heterocycles. The average molecular weight is 439 g/mol. The van der Waals surface area contributed by atoms with Gasteiger partial charge in [0.1, 0.15) is 0 Å². The molecule has 2 aromatic carbocycles. The Morgan fingerprint density at radius 2 is 0.966 bits per heavy atom. The van der Waals surface area contributed by atoms with E-state index in [-0.39, 0.29) is 16.5 Å². The summed E-state index contributed by atoms with van der Waals surface area (Å²) < 4.78 is 0. The summed E-state index contributed by atoms with van der Waals surface area (Å²) in [4.78, 5) is 5.25. The monoisotopic (exact) mass is 438 g/mol. The molecule has 0 radical (unpaired) electrons. The first kappa shape index (κ1) is 24.0. The van der Waals surface area contributed by atoms with Crippen molar-refractivity contribution in [2.75, 3.05) is 52.4 Å². The van der Waals surface area contributed by atoms with Crippen molar-refractivity contribution in [3.8, 4) is 0 Å². The molecule has 2 aromatic rings. The molecule has 29 heavy (non-hydrogen) atoms. The predicted molar refractivity (Wildman–Crippen MR) is 118 cm³/mol. The summed E-state index contributed by atoms with van der Waals surface area (Å²) in [7, 11) is 0. The second-order valence-electron chi connectivity index (χ2n) is 7.73. The minimum atomic E-state index is 0. The molecule has 0 saturated carbocycles. The van der Waals surface area contributed by atoms with E-state index in [9.17, 15) is 0 Å². The molecule has 0 aliphatic carbocycles. The van der Waals surface area contributed by atoms with Crippen LogP contribution in [0.1, 0.15) is 24.0 Å². The predicted octanol–water partition coefficient (Wildman–Crippen LogP) is 2.96. The van der Waals surface area contributed by atoms with Gasteiger partial charge < -0.3 is 10.6 Å². The molecule has 1 heterocycles. The average Bonchev–Trinajstić information content (AvgIpc) is 2.73. The van der Waals surface area contributed by atoms with Crippen molar-refractivity contribution in [2.24, 2.45) is 0 Å². The molecule has 0 bridgehead atoms. The normalized spacial score (nSPS) is 18.5. The zero-order valence-corrected chi connectivity index (χ0v) is 18.5. The van der Waals surface area contributed by atoms with Crippen LogP contribution >= 0.6 is 0 Å². The van der Waals surface area contributed by atoms with Crippen molar-refractivity contribution >= 4 is 0 Å². The summed E-state index contributed by atoms with van der Waals surface area (Å²) >= 11 is 0. The summed E-state index contributed by atoms with van der Waals surface area (Å²) in [6, 6.07) is 21.8. The van der Waals surface area contributed by atoms with Crippen LogP contribution in [0.2, 0.25) is 0 Å². The number of benzene rings is 2. The van der Waals surface area contributed by atoms with Gasteiger partial charge in [0.25, 0.3) is 0 Å². The Kier molecular flexibility index (Phi) is 12.2. The Morgan fingerprint density at radius 3 is 1.38 bits per heavy atom. The van der Waals surface area contributed by atoms with Crippen LogP contribution in [-0.2, 0) is 29.6 Å². The fourth-order valence-corrected chi connectivity index (χ4v) is 3.79. The Balaban J connectivity index is 0.00000300. The van der Waals surface area contributed by atoms with E-state index in [2.05, 4.69) is 81.1 Å². The van der Waals surface area contributed by atoms with Crippen LogP contribution in [0.3, 0.4) is 0 Å². The van der Waals surface area contributed by atoms with Gasteiger partial charge in [-0.1, -0.05) is 60.7 Å². The van der Waals surface area contributed by atoms with Crippen LogP contribution in [0.25, 0.3) is 0 Å². The molecule has 2 N–H and O–H groups in total. The number of rotatable bonds is 4. The number of hydrogen-bond donors (Lipinski definition) is 2. The maximum atomic E-state index is 3.57. The zero-order valence-electron chi connectivity index (χ0n) is 17.5. The molecule has 1 aliphatic heterocycles. The molecular weight excluding hydrogens is 403 g/mol. The van der Waals surface area contributed by atoms with Crippen LogP contribution in [0.4, 0.5) is 0 Å². The van der Waals surface area contributed by atoms with Gasteiger partial charge in [0.2, 0.25) is 0 Å². The summed E-state index contributed by atoms with van der Waals surface area (Å²) in [5.41, 5.74) is 2.82. The molecule has 4 nitrogen and oxygen atoms in total. The maximum Gasteiger partial charge on any atom is 2.00 e. The van der Waals surface area contributed by atoms with Crippen molar-refractivity contribution in [1.29, 1.82) is 0 Å². The quantitative estimate of drug-likeness (QED) is 0.718. The Morgan fingerprint density at radius 1 is 0.552 bits per heavy atom. The number of nitrogens with one attached hydrogen (secondary N) is 2. The van der Waals surface area contributed by atoms with Crippen LogP contribution in [0.15, 0.2) is 60.7 Å². The van der Waals surface area contributed by atoms with E-state index in [1.807, 2.05) is 0 Å². The topological polar surface area (TPSA) is 30.5 Å². The molecule has 0 atom stereocenters. The zero-order chi connectivity index (χ0) is 19.3. The van der Waals surface area contributed by atoms with E-state index in [0.29, 0.717) is 0 Å². The van der Waals surface area contributed by atoms with Crippen LogP contribution in [-0.4, -0.2) is 62.2 Å². The third-order valence-corrected chi connectivity index (χ3v) is 5.36. The van der Waals surface area contributed by atoms with Gasteiger partial charge in [-0.25, -0.2) is 0 Å². The maximum absolute atomic E-state index is 3.57. The number of hydrogen-bond acceptors (Lipinski definition) is 4. The Hall–Kier alpha value is -1.23. The Bertz CT molecular complexity index is 580. The second kappa shape index (κ2) is 14.7. The summed E-state index contributed by atoms with van der Waals surface area (Å²) in [6.45, 7) is 10.9. The van der Waals surface area contributed by atoms with Crippen molar-refractivity contribution in [1.82, 2.24) is 20.4 Å². The molecule has 5 heteroatoms. The Labute approximate surface area is 187 Å².